The van der Waals surface area contributed by atoms with Crippen LogP contribution < -0.4 is 5.73 Å². The Bertz CT molecular complexity index is 349. The highest BCUT2D eigenvalue weighted by molar-refractivity contribution is 9.10. The SMILES string of the molecule is CC1CCCC(N)(Cc2sccc2Br)CC1. The first-order valence-electron chi connectivity index (χ1n) is 6.10. The normalized spacial score (nSPS) is 31.3. The molecule has 0 aliphatic heterocycles. The maximum absolute atomic E-state index is 6.57. The van der Waals surface area contributed by atoms with E-state index in [1.807, 2.05) is 11.3 Å². The quantitative estimate of drug-likeness (QED) is 0.808. The molecule has 1 heterocycles. The minimum atomic E-state index is 0.0398. The van der Waals surface area contributed by atoms with Crippen molar-refractivity contribution in [2.75, 3.05) is 0 Å². The fourth-order valence-electron chi connectivity index (χ4n) is 2.55. The molecule has 0 amide bonds. The van der Waals surface area contributed by atoms with Crippen molar-refractivity contribution in [3.05, 3.63) is 20.8 Å². The van der Waals surface area contributed by atoms with Gasteiger partial charge in [0.2, 0.25) is 0 Å². The van der Waals surface area contributed by atoms with Crippen molar-refractivity contribution in [3.63, 3.8) is 0 Å². The van der Waals surface area contributed by atoms with E-state index in [-0.39, 0.29) is 5.54 Å². The van der Waals surface area contributed by atoms with Crippen LogP contribution in [-0.2, 0) is 6.42 Å². The molecule has 2 rings (SSSR count). The summed E-state index contributed by atoms with van der Waals surface area (Å²) in [6.45, 7) is 2.35. The van der Waals surface area contributed by atoms with E-state index < -0.39 is 0 Å². The molecule has 2 N–H and O–H groups in total. The number of nitrogens with two attached hydrogens (primary N) is 1. The van der Waals surface area contributed by atoms with E-state index in [4.69, 9.17) is 5.73 Å². The van der Waals surface area contributed by atoms with Crippen LogP contribution in [0.4, 0.5) is 0 Å². The van der Waals surface area contributed by atoms with E-state index in [1.165, 1.54) is 41.5 Å². The maximum atomic E-state index is 6.57. The molecule has 1 saturated carbocycles. The lowest BCUT2D eigenvalue weighted by atomic mass is 9.87. The smallest absolute Gasteiger partial charge is 0.0315 e. The lowest BCUT2D eigenvalue weighted by Gasteiger charge is -2.27. The Morgan fingerprint density at radius 3 is 3.00 bits per heavy atom. The van der Waals surface area contributed by atoms with Crippen LogP contribution in [-0.4, -0.2) is 5.54 Å². The Morgan fingerprint density at radius 2 is 2.31 bits per heavy atom. The van der Waals surface area contributed by atoms with Crippen molar-refractivity contribution in [3.8, 4) is 0 Å². The zero-order valence-electron chi connectivity index (χ0n) is 9.84. The van der Waals surface area contributed by atoms with Crippen LogP contribution in [0.3, 0.4) is 0 Å². The number of rotatable bonds is 2. The largest absolute Gasteiger partial charge is 0.325 e. The molecule has 1 aromatic heterocycles. The molecule has 90 valence electrons. The lowest BCUT2D eigenvalue weighted by molar-refractivity contribution is 0.365. The highest BCUT2D eigenvalue weighted by Gasteiger charge is 2.29. The predicted molar refractivity (Wildman–Crippen MR) is 74.9 cm³/mol. The van der Waals surface area contributed by atoms with Gasteiger partial charge in [0.05, 0.1) is 0 Å². The third-order valence-corrected chi connectivity index (χ3v) is 5.64. The number of thiophene rings is 1. The average Bonchev–Trinajstić information content (AvgIpc) is 2.53. The second-order valence-corrected chi connectivity index (χ2v) is 7.12. The molecule has 1 aliphatic carbocycles. The number of hydrogen-bond acceptors (Lipinski definition) is 2. The van der Waals surface area contributed by atoms with Crippen molar-refractivity contribution >= 4 is 27.3 Å². The Balaban J connectivity index is 2.04. The second-order valence-electron chi connectivity index (χ2n) is 5.27. The van der Waals surface area contributed by atoms with Crippen molar-refractivity contribution in [1.29, 1.82) is 0 Å². The number of halogens is 1. The minimum Gasteiger partial charge on any atom is -0.325 e. The fourth-order valence-corrected chi connectivity index (χ4v) is 4.20. The summed E-state index contributed by atoms with van der Waals surface area (Å²) in [7, 11) is 0. The fraction of sp³-hybridized carbons (Fsp3) is 0.692. The first kappa shape index (κ1) is 12.6. The molecule has 0 bridgehead atoms. The molecule has 3 heteroatoms. The van der Waals surface area contributed by atoms with Gasteiger partial charge in [-0.2, -0.15) is 0 Å². The van der Waals surface area contributed by atoms with Crippen molar-refractivity contribution in [2.24, 2.45) is 11.7 Å². The molecule has 0 aromatic carbocycles. The van der Waals surface area contributed by atoms with E-state index in [2.05, 4.69) is 34.3 Å². The van der Waals surface area contributed by atoms with Gasteiger partial charge in [-0.15, -0.1) is 11.3 Å². The van der Waals surface area contributed by atoms with Gasteiger partial charge in [0.15, 0.2) is 0 Å². The predicted octanol–water partition coefficient (Wildman–Crippen LogP) is 4.35. The van der Waals surface area contributed by atoms with Gasteiger partial charge < -0.3 is 5.73 Å². The number of hydrogen-bond donors (Lipinski definition) is 1. The van der Waals surface area contributed by atoms with Crippen LogP contribution in [0.15, 0.2) is 15.9 Å². The van der Waals surface area contributed by atoms with Crippen LogP contribution in [0, 0.1) is 5.92 Å². The molecule has 2 unspecified atom stereocenters. The van der Waals surface area contributed by atoms with Gasteiger partial charge in [0.25, 0.3) is 0 Å². The Kier molecular flexibility index (Phi) is 4.09. The molecule has 1 fully saturated rings. The topological polar surface area (TPSA) is 26.0 Å². The summed E-state index contributed by atoms with van der Waals surface area (Å²) < 4.78 is 1.24. The maximum Gasteiger partial charge on any atom is 0.0315 e. The molecule has 0 spiro atoms. The van der Waals surface area contributed by atoms with Gasteiger partial charge in [0.1, 0.15) is 0 Å². The van der Waals surface area contributed by atoms with Gasteiger partial charge in [-0.1, -0.05) is 19.8 Å². The van der Waals surface area contributed by atoms with E-state index in [1.54, 1.807) is 0 Å². The zero-order valence-corrected chi connectivity index (χ0v) is 12.2. The minimum absolute atomic E-state index is 0.0398. The zero-order chi connectivity index (χ0) is 11.6. The van der Waals surface area contributed by atoms with Crippen LogP contribution >= 0.6 is 27.3 Å². The average molecular weight is 302 g/mol. The van der Waals surface area contributed by atoms with E-state index in [9.17, 15) is 0 Å². The summed E-state index contributed by atoms with van der Waals surface area (Å²) >= 11 is 5.43. The van der Waals surface area contributed by atoms with Crippen LogP contribution in [0.2, 0.25) is 0 Å². The summed E-state index contributed by atoms with van der Waals surface area (Å²) in [5.41, 5.74) is 6.61. The Morgan fingerprint density at radius 1 is 1.50 bits per heavy atom. The highest BCUT2D eigenvalue weighted by Crippen LogP contribution is 2.34. The van der Waals surface area contributed by atoms with E-state index in [0.717, 1.165) is 12.3 Å². The molecule has 1 aliphatic rings. The van der Waals surface area contributed by atoms with Gasteiger partial charge in [-0.3, -0.25) is 0 Å². The van der Waals surface area contributed by atoms with Crippen LogP contribution in [0.1, 0.15) is 43.9 Å². The van der Waals surface area contributed by atoms with Crippen LogP contribution in [0.25, 0.3) is 0 Å². The van der Waals surface area contributed by atoms with Gasteiger partial charge in [0, 0.05) is 21.3 Å². The molecule has 16 heavy (non-hydrogen) atoms. The standard InChI is InChI=1S/C13H20BrNS/c1-10-3-2-6-13(15,7-4-10)9-12-11(14)5-8-16-12/h5,8,10H,2-4,6-7,9,15H2,1H3. The monoisotopic (exact) mass is 301 g/mol. The molecule has 1 nitrogen and oxygen atoms in total. The third-order valence-electron chi connectivity index (χ3n) is 3.71. The lowest BCUT2D eigenvalue weighted by Crippen LogP contribution is -2.41. The van der Waals surface area contributed by atoms with E-state index >= 15 is 0 Å². The van der Waals surface area contributed by atoms with Gasteiger partial charge in [-0.25, -0.2) is 0 Å². The molecule has 0 radical (unpaired) electrons. The summed E-state index contributed by atoms with van der Waals surface area (Å²) in [5, 5.41) is 2.14. The van der Waals surface area contributed by atoms with E-state index in [0.29, 0.717) is 0 Å². The first-order chi connectivity index (χ1) is 7.59. The molecule has 0 saturated heterocycles. The summed E-state index contributed by atoms with van der Waals surface area (Å²) in [6.07, 6.45) is 7.34. The van der Waals surface area contributed by atoms with Crippen molar-refractivity contribution in [2.45, 2.75) is 51.0 Å². The van der Waals surface area contributed by atoms with Gasteiger partial charge in [-0.05, 0) is 52.6 Å². The summed E-state index contributed by atoms with van der Waals surface area (Å²) in [4.78, 5) is 1.41. The van der Waals surface area contributed by atoms with Crippen LogP contribution in [0.5, 0.6) is 0 Å². The Labute approximate surface area is 111 Å². The highest BCUT2D eigenvalue weighted by atomic mass is 79.9. The second kappa shape index (κ2) is 5.19. The molecular formula is C13H20BrNS. The van der Waals surface area contributed by atoms with Crippen molar-refractivity contribution < 1.29 is 0 Å². The Hall–Kier alpha value is 0.140. The molecule has 1 aromatic rings. The summed E-state index contributed by atoms with van der Waals surface area (Å²) in [6, 6.07) is 2.13. The molecule has 2 atom stereocenters. The first-order valence-corrected chi connectivity index (χ1v) is 7.77. The summed E-state index contributed by atoms with van der Waals surface area (Å²) in [5.74, 6) is 0.859. The van der Waals surface area contributed by atoms with Gasteiger partial charge >= 0.3 is 0 Å². The molecular weight excluding hydrogens is 282 g/mol. The third kappa shape index (κ3) is 3.08. The van der Waals surface area contributed by atoms with Crippen molar-refractivity contribution in [1.82, 2.24) is 0 Å².